The van der Waals surface area contributed by atoms with Crippen molar-refractivity contribution in [2.75, 3.05) is 0 Å². The van der Waals surface area contributed by atoms with Gasteiger partial charge in [0.15, 0.2) is 5.88 Å². The van der Waals surface area contributed by atoms with Gasteiger partial charge in [0.2, 0.25) is 0 Å². The predicted molar refractivity (Wildman–Crippen MR) is 83.8 cm³/mol. The molecule has 0 aromatic carbocycles. The molecule has 0 atom stereocenters. The molecule has 0 amide bonds. The molecule has 1 aromatic rings. The maximum atomic E-state index is 12.2. The fraction of sp³-hybridized carbons (Fsp3) is 0.667. The van der Waals surface area contributed by atoms with Crippen LogP contribution in [0.1, 0.15) is 51.9 Å². The fourth-order valence-electron chi connectivity index (χ4n) is 1.34. The Morgan fingerprint density at radius 1 is 1.15 bits per heavy atom. The Kier molecular flexibility index (Phi) is 4.44. The molecule has 1 N–H and O–H groups in total. The zero-order chi connectivity index (χ0) is 15.8. The van der Waals surface area contributed by atoms with E-state index in [1.807, 2.05) is 20.8 Å². The Balaban J connectivity index is 2.96. The summed E-state index contributed by atoms with van der Waals surface area (Å²) < 4.78 is 11.6. The van der Waals surface area contributed by atoms with E-state index < -0.39 is 13.9 Å². The molecule has 0 radical (unpaired) electrons. The van der Waals surface area contributed by atoms with E-state index in [0.29, 0.717) is 11.4 Å². The standard InChI is InChI=1S/C15H27NO3Si/c1-14(2,3)18-13(17)11-9-10-16-12(11)19-20(7,8)15(4,5)6/h9-10,16H,1-8H3. The van der Waals surface area contributed by atoms with Crippen molar-refractivity contribution in [3.05, 3.63) is 17.8 Å². The summed E-state index contributed by atoms with van der Waals surface area (Å²) in [6.45, 7) is 16.3. The van der Waals surface area contributed by atoms with Gasteiger partial charge in [-0.1, -0.05) is 20.8 Å². The molecule has 1 heterocycles. The number of carbonyl (C=O) groups excluding carboxylic acids is 1. The normalized spacial score (nSPS) is 13.2. The van der Waals surface area contributed by atoms with Crippen LogP contribution < -0.4 is 4.43 Å². The van der Waals surface area contributed by atoms with Gasteiger partial charge in [-0.2, -0.15) is 0 Å². The van der Waals surface area contributed by atoms with Crippen molar-refractivity contribution < 1.29 is 14.0 Å². The Morgan fingerprint density at radius 2 is 1.70 bits per heavy atom. The zero-order valence-corrected chi connectivity index (χ0v) is 14.9. The smallest absolute Gasteiger partial charge is 0.344 e. The molecule has 4 nitrogen and oxygen atoms in total. The van der Waals surface area contributed by atoms with Gasteiger partial charge in [-0.3, -0.25) is 0 Å². The van der Waals surface area contributed by atoms with E-state index in [9.17, 15) is 4.79 Å². The molecule has 1 aromatic heterocycles. The molecular weight excluding hydrogens is 270 g/mol. The maximum absolute atomic E-state index is 12.2. The third-order valence-corrected chi connectivity index (χ3v) is 7.82. The average molecular weight is 297 g/mol. The molecule has 0 bridgehead atoms. The van der Waals surface area contributed by atoms with Crippen LogP contribution in [0.15, 0.2) is 12.3 Å². The molecular formula is C15H27NO3Si. The molecule has 5 heteroatoms. The van der Waals surface area contributed by atoms with Crippen molar-refractivity contribution in [1.82, 2.24) is 4.98 Å². The predicted octanol–water partition coefficient (Wildman–Crippen LogP) is 4.35. The van der Waals surface area contributed by atoms with Crippen LogP contribution in [0.3, 0.4) is 0 Å². The first-order valence-electron chi connectivity index (χ1n) is 6.93. The largest absolute Gasteiger partial charge is 0.531 e. The molecule has 114 valence electrons. The lowest BCUT2D eigenvalue weighted by Gasteiger charge is -2.36. The summed E-state index contributed by atoms with van der Waals surface area (Å²) >= 11 is 0. The summed E-state index contributed by atoms with van der Waals surface area (Å²) in [4.78, 5) is 15.2. The SMILES string of the molecule is CC(C)(C)OC(=O)c1cc[nH]c1O[Si](C)(C)C(C)(C)C. The van der Waals surface area contributed by atoms with Crippen LogP contribution in [-0.4, -0.2) is 24.9 Å². The molecule has 0 fully saturated rings. The third-order valence-electron chi connectivity index (χ3n) is 3.49. The highest BCUT2D eigenvalue weighted by atomic mass is 28.4. The van der Waals surface area contributed by atoms with Gasteiger partial charge in [0.1, 0.15) is 11.2 Å². The molecule has 0 aliphatic rings. The van der Waals surface area contributed by atoms with Crippen LogP contribution in [0.25, 0.3) is 0 Å². The lowest BCUT2D eigenvalue weighted by atomic mass is 10.2. The Hall–Kier alpha value is -1.23. The number of hydrogen-bond donors (Lipinski definition) is 1. The van der Waals surface area contributed by atoms with E-state index in [-0.39, 0.29) is 11.0 Å². The van der Waals surface area contributed by atoms with Gasteiger partial charge < -0.3 is 14.1 Å². The summed E-state index contributed by atoms with van der Waals surface area (Å²) in [5.74, 6) is 0.165. The van der Waals surface area contributed by atoms with Crippen LogP contribution in [0, 0.1) is 0 Å². The van der Waals surface area contributed by atoms with Gasteiger partial charge in [0.05, 0.1) is 0 Å². The topological polar surface area (TPSA) is 51.3 Å². The van der Waals surface area contributed by atoms with Crippen molar-refractivity contribution in [2.24, 2.45) is 0 Å². The first-order chi connectivity index (χ1) is 8.83. The minimum absolute atomic E-state index is 0.0727. The fourth-order valence-corrected chi connectivity index (χ4v) is 2.33. The van der Waals surface area contributed by atoms with Gasteiger partial charge in [-0.05, 0) is 45.0 Å². The number of nitrogens with one attached hydrogen (secondary N) is 1. The van der Waals surface area contributed by atoms with E-state index in [1.54, 1.807) is 12.3 Å². The molecule has 0 unspecified atom stereocenters. The van der Waals surface area contributed by atoms with Gasteiger partial charge in [-0.15, -0.1) is 0 Å². The van der Waals surface area contributed by atoms with Crippen LogP contribution in [0.5, 0.6) is 5.88 Å². The number of ether oxygens (including phenoxy) is 1. The lowest BCUT2D eigenvalue weighted by Crippen LogP contribution is -2.44. The summed E-state index contributed by atoms with van der Waals surface area (Å²) in [5.41, 5.74) is -0.0486. The number of hydrogen-bond acceptors (Lipinski definition) is 3. The molecule has 1 rings (SSSR count). The maximum Gasteiger partial charge on any atom is 0.344 e. The molecule has 0 spiro atoms. The summed E-state index contributed by atoms with van der Waals surface area (Å²) in [6.07, 6.45) is 1.71. The Bertz CT molecular complexity index is 478. The molecule has 0 saturated heterocycles. The summed E-state index contributed by atoms with van der Waals surface area (Å²) in [5, 5.41) is 0.0727. The van der Waals surface area contributed by atoms with E-state index in [4.69, 9.17) is 9.16 Å². The van der Waals surface area contributed by atoms with E-state index in [1.165, 1.54) is 0 Å². The van der Waals surface area contributed by atoms with Crippen molar-refractivity contribution in [3.63, 3.8) is 0 Å². The van der Waals surface area contributed by atoms with Crippen LogP contribution >= 0.6 is 0 Å². The van der Waals surface area contributed by atoms with Crippen LogP contribution in [0.4, 0.5) is 0 Å². The number of carbonyl (C=O) groups is 1. The summed E-state index contributed by atoms with van der Waals surface area (Å²) in [6, 6.07) is 1.70. The van der Waals surface area contributed by atoms with Gasteiger partial charge in [0, 0.05) is 6.20 Å². The van der Waals surface area contributed by atoms with Gasteiger partial charge >= 0.3 is 5.97 Å². The first-order valence-corrected chi connectivity index (χ1v) is 9.84. The van der Waals surface area contributed by atoms with Crippen molar-refractivity contribution in [2.45, 2.75) is 65.3 Å². The quantitative estimate of drug-likeness (QED) is 0.666. The molecule has 0 aliphatic heterocycles. The van der Waals surface area contributed by atoms with Crippen LogP contribution in [0.2, 0.25) is 18.1 Å². The summed E-state index contributed by atoms with van der Waals surface area (Å²) in [7, 11) is -1.98. The van der Waals surface area contributed by atoms with E-state index in [0.717, 1.165) is 0 Å². The number of aromatic amines is 1. The van der Waals surface area contributed by atoms with Crippen molar-refractivity contribution >= 4 is 14.3 Å². The number of aromatic nitrogens is 1. The highest BCUT2D eigenvalue weighted by Gasteiger charge is 2.40. The van der Waals surface area contributed by atoms with Gasteiger partial charge in [-0.25, -0.2) is 4.79 Å². The Labute approximate surface area is 123 Å². The lowest BCUT2D eigenvalue weighted by molar-refractivity contribution is 0.00678. The van der Waals surface area contributed by atoms with E-state index >= 15 is 0 Å². The third kappa shape index (κ3) is 4.13. The molecule has 0 saturated carbocycles. The zero-order valence-electron chi connectivity index (χ0n) is 13.9. The highest BCUT2D eigenvalue weighted by Crippen LogP contribution is 2.37. The number of H-pyrrole nitrogens is 1. The minimum Gasteiger partial charge on any atom is -0.531 e. The highest BCUT2D eigenvalue weighted by molar-refractivity contribution is 6.74. The second-order valence-corrected chi connectivity index (χ2v) is 12.3. The van der Waals surface area contributed by atoms with Gasteiger partial charge in [0.25, 0.3) is 8.32 Å². The monoisotopic (exact) mass is 297 g/mol. The number of esters is 1. The van der Waals surface area contributed by atoms with Crippen LogP contribution in [-0.2, 0) is 4.74 Å². The molecule has 0 aliphatic carbocycles. The van der Waals surface area contributed by atoms with Crippen molar-refractivity contribution in [3.8, 4) is 5.88 Å². The first kappa shape index (κ1) is 16.8. The Morgan fingerprint density at radius 3 is 2.15 bits per heavy atom. The molecule has 20 heavy (non-hydrogen) atoms. The van der Waals surface area contributed by atoms with Crippen molar-refractivity contribution in [1.29, 1.82) is 0 Å². The second-order valence-electron chi connectivity index (χ2n) is 7.58. The minimum atomic E-state index is -1.98. The average Bonchev–Trinajstić information content (AvgIpc) is 2.60. The number of rotatable bonds is 3. The second kappa shape index (κ2) is 5.28. The van der Waals surface area contributed by atoms with E-state index in [2.05, 4.69) is 38.8 Å².